The minimum Gasteiger partial charge on any atom is -0.323 e. The summed E-state index contributed by atoms with van der Waals surface area (Å²) >= 11 is 0. The lowest BCUT2D eigenvalue weighted by Gasteiger charge is -2.10. The number of nitrogens with zero attached hydrogens (tertiary/aromatic N) is 2. The smallest absolute Gasteiger partial charge is 0.228 e. The van der Waals surface area contributed by atoms with Crippen molar-refractivity contribution in [3.05, 3.63) is 41.2 Å². The van der Waals surface area contributed by atoms with Crippen LogP contribution in [0.4, 0.5) is 5.69 Å². The van der Waals surface area contributed by atoms with Crippen LogP contribution in [0, 0.1) is 26.7 Å². The molecule has 3 rings (SSSR count). The van der Waals surface area contributed by atoms with Crippen LogP contribution in [0.5, 0.6) is 0 Å². The molecule has 1 fully saturated rings. The molecule has 1 atom stereocenters. The van der Waals surface area contributed by atoms with Gasteiger partial charge in [0.2, 0.25) is 5.91 Å². The van der Waals surface area contributed by atoms with Gasteiger partial charge in [0.05, 0.1) is 40.2 Å². The van der Waals surface area contributed by atoms with Crippen LogP contribution in [0.3, 0.4) is 0 Å². The molecule has 6 nitrogen and oxygen atoms in total. The SMILES string of the molecule is Cc1ccc(-n2nc(C)c(NC(=O)[C@H]3CCS(=O)(=O)C3)c2C)cc1. The van der Waals surface area contributed by atoms with Gasteiger partial charge in [-0.05, 0) is 39.3 Å². The first-order chi connectivity index (χ1) is 11.3. The molecule has 0 bridgehead atoms. The highest BCUT2D eigenvalue weighted by atomic mass is 32.2. The van der Waals surface area contributed by atoms with Crippen LogP contribution in [0.1, 0.15) is 23.4 Å². The molecule has 1 aromatic heterocycles. The largest absolute Gasteiger partial charge is 0.323 e. The van der Waals surface area contributed by atoms with Crippen LogP contribution >= 0.6 is 0 Å². The molecule has 1 N–H and O–H groups in total. The summed E-state index contributed by atoms with van der Waals surface area (Å²) in [6.07, 6.45) is 0.387. The van der Waals surface area contributed by atoms with Crippen molar-refractivity contribution in [1.29, 1.82) is 0 Å². The van der Waals surface area contributed by atoms with Crippen LogP contribution < -0.4 is 5.32 Å². The molecule has 1 aliphatic rings. The lowest BCUT2D eigenvalue weighted by molar-refractivity contribution is -0.119. The van der Waals surface area contributed by atoms with Gasteiger partial charge in [0.25, 0.3) is 0 Å². The zero-order valence-electron chi connectivity index (χ0n) is 14.0. The second-order valence-electron chi connectivity index (χ2n) is 6.38. The van der Waals surface area contributed by atoms with Crippen molar-refractivity contribution in [3.63, 3.8) is 0 Å². The van der Waals surface area contributed by atoms with Gasteiger partial charge in [-0.15, -0.1) is 0 Å². The molecule has 0 aliphatic carbocycles. The first kappa shape index (κ1) is 16.7. The third-order valence-electron chi connectivity index (χ3n) is 4.42. The van der Waals surface area contributed by atoms with Gasteiger partial charge in [0, 0.05) is 0 Å². The molecular weight excluding hydrogens is 326 g/mol. The molecule has 0 unspecified atom stereocenters. The third-order valence-corrected chi connectivity index (χ3v) is 6.19. The maximum atomic E-state index is 12.4. The summed E-state index contributed by atoms with van der Waals surface area (Å²) in [6, 6.07) is 7.97. The highest BCUT2D eigenvalue weighted by molar-refractivity contribution is 7.91. The van der Waals surface area contributed by atoms with E-state index in [0.717, 1.165) is 16.9 Å². The first-order valence-electron chi connectivity index (χ1n) is 7.91. The molecule has 0 saturated carbocycles. The second kappa shape index (κ2) is 6.05. The van der Waals surface area contributed by atoms with Crippen LogP contribution in [0.2, 0.25) is 0 Å². The fraction of sp³-hybridized carbons (Fsp3) is 0.412. The van der Waals surface area contributed by atoms with E-state index in [2.05, 4.69) is 10.4 Å². The Hall–Kier alpha value is -2.15. The minimum absolute atomic E-state index is 0.0664. The maximum absolute atomic E-state index is 12.4. The van der Waals surface area contributed by atoms with E-state index in [1.54, 1.807) is 4.68 Å². The van der Waals surface area contributed by atoms with Gasteiger partial charge in [-0.1, -0.05) is 17.7 Å². The quantitative estimate of drug-likeness (QED) is 0.923. The zero-order valence-corrected chi connectivity index (χ0v) is 14.9. The predicted octanol–water partition coefficient (Wildman–Crippen LogP) is 2.17. The number of carbonyl (C=O) groups excluding carboxylic acids is 1. The Morgan fingerprint density at radius 3 is 2.46 bits per heavy atom. The number of aromatic nitrogens is 2. The van der Waals surface area contributed by atoms with E-state index in [9.17, 15) is 13.2 Å². The van der Waals surface area contributed by atoms with E-state index in [1.165, 1.54) is 0 Å². The second-order valence-corrected chi connectivity index (χ2v) is 8.61. The normalized spacial score (nSPS) is 19.4. The Balaban J connectivity index is 1.84. The molecule has 1 aromatic carbocycles. The van der Waals surface area contributed by atoms with Crippen LogP contribution in [-0.4, -0.2) is 35.6 Å². The minimum atomic E-state index is -3.08. The molecule has 7 heteroatoms. The summed E-state index contributed by atoms with van der Waals surface area (Å²) in [7, 11) is -3.08. The van der Waals surface area contributed by atoms with Crippen molar-refractivity contribution >= 4 is 21.4 Å². The van der Waals surface area contributed by atoms with Gasteiger partial charge < -0.3 is 5.32 Å². The zero-order chi connectivity index (χ0) is 17.5. The van der Waals surface area contributed by atoms with E-state index < -0.39 is 15.8 Å². The van der Waals surface area contributed by atoms with Crippen LogP contribution in [-0.2, 0) is 14.6 Å². The van der Waals surface area contributed by atoms with Gasteiger partial charge >= 0.3 is 0 Å². The summed E-state index contributed by atoms with van der Waals surface area (Å²) in [5.41, 5.74) is 4.28. The first-order valence-corrected chi connectivity index (χ1v) is 9.73. The molecule has 2 heterocycles. The number of amides is 1. The van der Waals surface area contributed by atoms with E-state index in [0.29, 0.717) is 17.8 Å². The summed E-state index contributed by atoms with van der Waals surface area (Å²) in [5, 5.41) is 7.38. The summed E-state index contributed by atoms with van der Waals surface area (Å²) in [4.78, 5) is 12.4. The molecule has 128 valence electrons. The Bertz CT molecular complexity index is 883. The molecule has 2 aromatic rings. The van der Waals surface area contributed by atoms with Gasteiger partial charge in [-0.25, -0.2) is 13.1 Å². The van der Waals surface area contributed by atoms with Crippen LogP contribution in [0.15, 0.2) is 24.3 Å². The van der Waals surface area contributed by atoms with Crippen molar-refractivity contribution in [3.8, 4) is 5.69 Å². The van der Waals surface area contributed by atoms with Gasteiger partial charge in [-0.2, -0.15) is 5.10 Å². The monoisotopic (exact) mass is 347 g/mol. The number of hydrogen-bond acceptors (Lipinski definition) is 4. The highest BCUT2D eigenvalue weighted by Crippen LogP contribution is 2.26. The third kappa shape index (κ3) is 3.21. The van der Waals surface area contributed by atoms with Crippen molar-refractivity contribution in [2.75, 3.05) is 16.8 Å². The van der Waals surface area contributed by atoms with Gasteiger partial charge in [0.15, 0.2) is 9.84 Å². The van der Waals surface area contributed by atoms with E-state index in [4.69, 9.17) is 0 Å². The summed E-state index contributed by atoms with van der Waals surface area (Å²) in [6.45, 7) is 5.74. The Morgan fingerprint density at radius 1 is 1.21 bits per heavy atom. The fourth-order valence-electron chi connectivity index (χ4n) is 2.99. The molecule has 1 aliphatic heterocycles. The lowest BCUT2D eigenvalue weighted by atomic mass is 10.1. The lowest BCUT2D eigenvalue weighted by Crippen LogP contribution is -2.24. The summed E-state index contributed by atoms with van der Waals surface area (Å²) < 4.78 is 24.9. The fourth-order valence-corrected chi connectivity index (χ4v) is 4.73. The number of sulfone groups is 1. The molecule has 0 spiro atoms. The Labute approximate surface area is 141 Å². The average Bonchev–Trinajstić information content (AvgIpc) is 3.02. The Kier molecular flexibility index (Phi) is 4.21. The van der Waals surface area contributed by atoms with E-state index in [-0.39, 0.29) is 17.4 Å². The van der Waals surface area contributed by atoms with Gasteiger partial charge in [-0.3, -0.25) is 4.79 Å². The number of benzene rings is 1. The number of anilines is 1. The Morgan fingerprint density at radius 2 is 1.88 bits per heavy atom. The highest BCUT2D eigenvalue weighted by Gasteiger charge is 2.33. The summed E-state index contributed by atoms with van der Waals surface area (Å²) in [5.74, 6) is -0.698. The average molecular weight is 347 g/mol. The van der Waals surface area contributed by atoms with Crippen molar-refractivity contribution in [1.82, 2.24) is 9.78 Å². The topological polar surface area (TPSA) is 81.1 Å². The van der Waals surface area contributed by atoms with Gasteiger partial charge in [0.1, 0.15) is 0 Å². The maximum Gasteiger partial charge on any atom is 0.228 e. The molecular formula is C17H21N3O3S. The number of nitrogens with one attached hydrogen (secondary N) is 1. The number of hydrogen-bond donors (Lipinski definition) is 1. The van der Waals surface area contributed by atoms with Crippen molar-refractivity contribution in [2.45, 2.75) is 27.2 Å². The standard InChI is InChI=1S/C17H21N3O3S/c1-11-4-6-15(7-5-11)20-13(3)16(12(2)19-20)18-17(21)14-8-9-24(22,23)10-14/h4-7,14H,8-10H2,1-3H3,(H,18,21)/t14-/m0/s1. The number of rotatable bonds is 3. The van der Waals surface area contributed by atoms with Crippen molar-refractivity contribution in [2.24, 2.45) is 5.92 Å². The van der Waals surface area contributed by atoms with Crippen molar-refractivity contribution < 1.29 is 13.2 Å². The molecule has 1 amide bonds. The number of aryl methyl sites for hydroxylation is 2. The molecule has 24 heavy (non-hydrogen) atoms. The van der Waals surface area contributed by atoms with E-state index >= 15 is 0 Å². The molecule has 1 saturated heterocycles. The molecule has 0 radical (unpaired) electrons. The predicted molar refractivity (Wildman–Crippen MR) is 93.2 cm³/mol. The van der Waals surface area contributed by atoms with E-state index in [1.807, 2.05) is 45.0 Å². The van der Waals surface area contributed by atoms with Crippen LogP contribution in [0.25, 0.3) is 5.69 Å². The number of carbonyl (C=O) groups is 1.